The third-order valence-corrected chi connectivity index (χ3v) is 5.69. The first-order valence-corrected chi connectivity index (χ1v) is 13.0. The zero-order valence-electron chi connectivity index (χ0n) is 20.0. The van der Waals surface area contributed by atoms with Gasteiger partial charge in [-0.15, -0.1) is 0 Å². The quantitative estimate of drug-likeness (QED) is 0.0490. The number of hydrogen-bond donors (Lipinski definition) is 8. The number of thioether (sulfide) groups is 1. The standard InChI is InChI=1S/C20H39N7O5S2/c1-11(2)9-14(26-16(28)12(21)6-8-34-3)18(30)25-13(5-4-7-24-20(22)23)17(29)27-15(10-33)19(31)32/h11-15,33H,4-10,21H2,1-3H3,(H,25,30)(H,26,28)(H,27,29)(H,31,32)(H4,22,23,24). The molecule has 0 aliphatic rings. The van der Waals surface area contributed by atoms with Crippen LogP contribution in [-0.4, -0.2) is 83.2 Å². The average molecular weight is 522 g/mol. The van der Waals surface area contributed by atoms with E-state index in [4.69, 9.17) is 17.2 Å². The second-order valence-electron chi connectivity index (χ2n) is 8.17. The molecule has 0 heterocycles. The van der Waals surface area contributed by atoms with E-state index in [9.17, 15) is 24.3 Å². The van der Waals surface area contributed by atoms with Crippen molar-refractivity contribution in [2.75, 3.05) is 24.3 Å². The molecule has 0 bridgehead atoms. The highest BCUT2D eigenvalue weighted by atomic mass is 32.2. The van der Waals surface area contributed by atoms with E-state index in [0.29, 0.717) is 25.0 Å². The smallest absolute Gasteiger partial charge is 0.327 e. The number of aliphatic carboxylic acids is 1. The number of nitrogens with two attached hydrogens (primary N) is 3. The van der Waals surface area contributed by atoms with Crippen LogP contribution in [0.4, 0.5) is 0 Å². The van der Waals surface area contributed by atoms with Crippen molar-refractivity contribution in [1.82, 2.24) is 16.0 Å². The number of carbonyl (C=O) groups is 4. The van der Waals surface area contributed by atoms with E-state index in [1.54, 1.807) is 11.8 Å². The Morgan fingerprint density at radius 2 is 1.53 bits per heavy atom. The Hall–Kier alpha value is -2.19. The van der Waals surface area contributed by atoms with E-state index in [1.807, 2.05) is 20.1 Å². The van der Waals surface area contributed by atoms with Crippen LogP contribution in [0.1, 0.15) is 39.5 Å². The number of carbonyl (C=O) groups excluding carboxylic acids is 3. The van der Waals surface area contributed by atoms with Crippen molar-refractivity contribution in [2.45, 2.75) is 63.7 Å². The zero-order valence-corrected chi connectivity index (χ0v) is 21.7. The van der Waals surface area contributed by atoms with Gasteiger partial charge in [-0.05, 0) is 43.6 Å². The van der Waals surface area contributed by atoms with Crippen molar-refractivity contribution in [2.24, 2.45) is 28.1 Å². The number of carboxylic acid groups (broad SMARTS) is 1. The van der Waals surface area contributed by atoms with Crippen LogP contribution in [0.25, 0.3) is 0 Å². The molecule has 0 rings (SSSR count). The van der Waals surface area contributed by atoms with Gasteiger partial charge in [0, 0.05) is 12.3 Å². The number of guanidine groups is 1. The van der Waals surface area contributed by atoms with E-state index >= 15 is 0 Å². The van der Waals surface area contributed by atoms with Gasteiger partial charge in [0.2, 0.25) is 17.7 Å². The van der Waals surface area contributed by atoms with E-state index in [0.717, 1.165) is 0 Å². The lowest BCUT2D eigenvalue weighted by atomic mass is 10.0. The van der Waals surface area contributed by atoms with Gasteiger partial charge in [-0.25, -0.2) is 4.79 Å². The minimum atomic E-state index is -1.25. The van der Waals surface area contributed by atoms with E-state index in [1.165, 1.54) is 0 Å². The van der Waals surface area contributed by atoms with Gasteiger partial charge in [-0.2, -0.15) is 24.4 Å². The zero-order chi connectivity index (χ0) is 26.3. The Morgan fingerprint density at radius 1 is 0.971 bits per heavy atom. The predicted molar refractivity (Wildman–Crippen MR) is 138 cm³/mol. The summed E-state index contributed by atoms with van der Waals surface area (Å²) in [6.45, 7) is 4.00. The molecular weight excluding hydrogens is 482 g/mol. The summed E-state index contributed by atoms with van der Waals surface area (Å²) in [6.07, 6.45) is 3.17. The molecule has 0 aliphatic heterocycles. The van der Waals surface area contributed by atoms with E-state index in [2.05, 4.69) is 33.6 Å². The summed E-state index contributed by atoms with van der Waals surface area (Å²) < 4.78 is 0. The van der Waals surface area contributed by atoms with Crippen LogP contribution in [0.3, 0.4) is 0 Å². The van der Waals surface area contributed by atoms with Crippen molar-refractivity contribution in [3.63, 3.8) is 0 Å². The highest BCUT2D eigenvalue weighted by Crippen LogP contribution is 2.08. The molecule has 0 saturated heterocycles. The van der Waals surface area contributed by atoms with Gasteiger partial charge in [0.05, 0.1) is 6.04 Å². The lowest BCUT2D eigenvalue weighted by molar-refractivity contribution is -0.141. The molecule has 3 amide bonds. The number of hydrogen-bond acceptors (Lipinski definition) is 8. The van der Waals surface area contributed by atoms with Gasteiger partial charge in [-0.1, -0.05) is 13.8 Å². The normalized spacial score (nSPS) is 14.4. The summed E-state index contributed by atoms with van der Waals surface area (Å²) in [4.78, 5) is 53.4. The summed E-state index contributed by atoms with van der Waals surface area (Å²) in [6, 6.07) is -3.98. The van der Waals surface area contributed by atoms with Crippen molar-refractivity contribution >= 4 is 54.0 Å². The van der Waals surface area contributed by atoms with Gasteiger partial charge in [0.25, 0.3) is 0 Å². The third-order valence-electron chi connectivity index (χ3n) is 4.69. The number of rotatable bonds is 17. The van der Waals surface area contributed by atoms with Crippen LogP contribution in [0.2, 0.25) is 0 Å². The van der Waals surface area contributed by atoms with Gasteiger partial charge >= 0.3 is 5.97 Å². The summed E-state index contributed by atoms with van der Waals surface area (Å²) >= 11 is 5.50. The Kier molecular flexibility index (Phi) is 16.2. The predicted octanol–water partition coefficient (Wildman–Crippen LogP) is -1.36. The monoisotopic (exact) mass is 521 g/mol. The van der Waals surface area contributed by atoms with Crippen LogP contribution < -0.4 is 33.2 Å². The molecule has 4 atom stereocenters. The Bertz CT molecular complexity index is 705. The van der Waals surface area contributed by atoms with Crippen LogP contribution in [0.5, 0.6) is 0 Å². The molecule has 0 aromatic rings. The van der Waals surface area contributed by atoms with Crippen molar-refractivity contribution in [3.8, 4) is 0 Å². The SMILES string of the molecule is CSCCC(N)C(=O)NC(CC(C)C)C(=O)NC(CCCN=C(N)N)C(=O)NC(CS)C(=O)O. The minimum absolute atomic E-state index is 0.0631. The number of nitrogens with zero attached hydrogens (tertiary/aromatic N) is 1. The number of amides is 3. The van der Waals surface area contributed by atoms with Gasteiger partial charge in [0.1, 0.15) is 18.1 Å². The van der Waals surface area contributed by atoms with Crippen LogP contribution in [0, 0.1) is 5.92 Å². The molecule has 0 aromatic heterocycles. The average Bonchev–Trinajstić information content (AvgIpc) is 2.75. The number of thiol groups is 1. The van der Waals surface area contributed by atoms with Gasteiger partial charge in [-0.3, -0.25) is 19.4 Å². The maximum atomic E-state index is 13.0. The highest BCUT2D eigenvalue weighted by molar-refractivity contribution is 7.98. The Labute approximate surface area is 210 Å². The Morgan fingerprint density at radius 3 is 2.03 bits per heavy atom. The third kappa shape index (κ3) is 13.5. The summed E-state index contributed by atoms with van der Waals surface area (Å²) in [5.41, 5.74) is 16.5. The fourth-order valence-electron chi connectivity index (χ4n) is 2.86. The maximum Gasteiger partial charge on any atom is 0.327 e. The first-order valence-electron chi connectivity index (χ1n) is 11.0. The molecule has 14 heteroatoms. The molecule has 4 unspecified atom stereocenters. The number of aliphatic imine (C=N–C) groups is 1. The fraction of sp³-hybridized carbons (Fsp3) is 0.750. The van der Waals surface area contributed by atoms with E-state index in [-0.39, 0.29) is 30.6 Å². The van der Waals surface area contributed by atoms with Crippen LogP contribution in [-0.2, 0) is 19.2 Å². The summed E-state index contributed by atoms with van der Waals surface area (Å²) in [5, 5.41) is 16.9. The van der Waals surface area contributed by atoms with Crippen LogP contribution >= 0.6 is 24.4 Å². The van der Waals surface area contributed by atoms with Crippen molar-refractivity contribution in [1.29, 1.82) is 0 Å². The van der Waals surface area contributed by atoms with E-state index < -0.39 is 47.9 Å². The topological polar surface area (TPSA) is 215 Å². The largest absolute Gasteiger partial charge is 0.480 e. The lowest BCUT2D eigenvalue weighted by Crippen LogP contribution is -2.57. The second-order valence-corrected chi connectivity index (χ2v) is 9.52. The lowest BCUT2D eigenvalue weighted by Gasteiger charge is -2.26. The fourth-order valence-corrected chi connectivity index (χ4v) is 3.60. The maximum absolute atomic E-state index is 13.0. The Balaban J connectivity index is 5.48. The summed E-state index contributed by atoms with van der Waals surface area (Å²) in [7, 11) is 0. The molecule has 0 spiro atoms. The molecule has 0 aliphatic carbocycles. The second kappa shape index (κ2) is 17.3. The van der Waals surface area contributed by atoms with Gasteiger partial charge in [0.15, 0.2) is 5.96 Å². The van der Waals surface area contributed by atoms with Crippen LogP contribution in [0.15, 0.2) is 4.99 Å². The molecule has 0 radical (unpaired) electrons. The van der Waals surface area contributed by atoms with Crippen molar-refractivity contribution in [3.05, 3.63) is 0 Å². The molecule has 10 N–H and O–H groups in total. The molecule has 0 aromatic carbocycles. The number of nitrogens with one attached hydrogen (secondary N) is 3. The highest BCUT2D eigenvalue weighted by Gasteiger charge is 2.30. The minimum Gasteiger partial charge on any atom is -0.480 e. The van der Waals surface area contributed by atoms with Gasteiger partial charge < -0.3 is 38.3 Å². The molecule has 0 saturated carbocycles. The number of carboxylic acids is 1. The first-order chi connectivity index (χ1) is 15.9. The molecule has 0 fully saturated rings. The molecule has 196 valence electrons. The van der Waals surface area contributed by atoms with Crippen molar-refractivity contribution < 1.29 is 24.3 Å². The molecule has 12 nitrogen and oxygen atoms in total. The molecule has 34 heavy (non-hydrogen) atoms. The molecular formula is C20H39N7O5S2. The first kappa shape index (κ1) is 31.8. The summed E-state index contributed by atoms with van der Waals surface area (Å²) in [5.74, 6) is -2.44.